The monoisotopic (exact) mass is 521 g/mol. The molecule has 7 nitrogen and oxygen atoms in total. The fourth-order valence-electron chi connectivity index (χ4n) is 7.37. The summed E-state index contributed by atoms with van der Waals surface area (Å²) in [6.45, 7) is 2.01. The van der Waals surface area contributed by atoms with Gasteiger partial charge < -0.3 is 9.30 Å². The van der Waals surface area contributed by atoms with Crippen LogP contribution in [0.5, 0.6) is 0 Å². The summed E-state index contributed by atoms with van der Waals surface area (Å²) in [4.78, 5) is 46.2. The summed E-state index contributed by atoms with van der Waals surface area (Å²) in [5, 5.41) is 0. The highest BCUT2D eigenvalue weighted by Gasteiger charge is 2.42. The van der Waals surface area contributed by atoms with Gasteiger partial charge in [0.15, 0.2) is 11.5 Å². The van der Waals surface area contributed by atoms with Crippen LogP contribution in [0.25, 0.3) is 11.0 Å². The first-order valence-corrected chi connectivity index (χ1v) is 15.0. The van der Waals surface area contributed by atoms with E-state index < -0.39 is 5.97 Å². The van der Waals surface area contributed by atoms with Gasteiger partial charge in [0.1, 0.15) is 0 Å². The first kappa shape index (κ1) is 27.0. The zero-order chi connectivity index (χ0) is 26.5. The molecule has 1 unspecified atom stereocenters. The Morgan fingerprint density at radius 2 is 1.47 bits per heavy atom. The van der Waals surface area contributed by atoms with Gasteiger partial charge in [-0.1, -0.05) is 57.1 Å². The largest absolute Gasteiger partial charge is 0.466 e. The predicted octanol–water partition coefficient (Wildman–Crippen LogP) is 5.98. The van der Waals surface area contributed by atoms with Gasteiger partial charge in [0.2, 0.25) is 0 Å². The summed E-state index contributed by atoms with van der Waals surface area (Å²) in [6, 6.07) is 9.35. The van der Waals surface area contributed by atoms with Crippen LogP contribution in [0.1, 0.15) is 120 Å². The number of Topliss-reactive ketones (excluding diaryl/α,β-unsaturated/α-hetero) is 1. The minimum Gasteiger partial charge on any atom is -0.466 e. The first-order chi connectivity index (χ1) is 18.6. The molecule has 0 spiro atoms. The highest BCUT2D eigenvalue weighted by Crippen LogP contribution is 2.42. The topological polar surface area (TPSA) is 81.5 Å². The van der Waals surface area contributed by atoms with Gasteiger partial charge in [-0.05, 0) is 57.6 Å². The van der Waals surface area contributed by atoms with E-state index in [0.29, 0.717) is 23.6 Å². The minimum absolute atomic E-state index is 0.0372. The van der Waals surface area contributed by atoms with Crippen molar-refractivity contribution in [1.29, 1.82) is 0 Å². The van der Waals surface area contributed by atoms with Gasteiger partial charge in [-0.15, -0.1) is 0 Å². The molecule has 5 rings (SSSR count). The molecule has 1 aromatic heterocycles. The smallest absolute Gasteiger partial charge is 0.306 e. The molecule has 1 aromatic carbocycles. The number of carbonyl (C=O) groups is 2. The van der Waals surface area contributed by atoms with Crippen molar-refractivity contribution >= 4 is 22.8 Å². The maximum atomic E-state index is 13.9. The quantitative estimate of drug-likeness (QED) is 0.329. The molecule has 2 saturated heterocycles. The van der Waals surface area contributed by atoms with Crippen molar-refractivity contribution in [3.63, 3.8) is 0 Å². The zero-order valence-corrected chi connectivity index (χ0v) is 22.9. The van der Waals surface area contributed by atoms with E-state index in [-0.39, 0.29) is 42.5 Å². The van der Waals surface area contributed by atoms with Crippen LogP contribution in [0.4, 0.5) is 0 Å². The number of piperidine rings is 2. The number of hydrogen-bond acceptors (Lipinski definition) is 6. The van der Waals surface area contributed by atoms with Crippen molar-refractivity contribution in [2.75, 3.05) is 6.61 Å². The number of ketones is 1. The Kier molecular flexibility index (Phi) is 8.93. The molecule has 1 saturated carbocycles. The molecule has 2 aliphatic heterocycles. The van der Waals surface area contributed by atoms with E-state index >= 15 is 0 Å². The van der Waals surface area contributed by atoms with Crippen molar-refractivity contribution in [2.24, 2.45) is 0 Å². The third kappa shape index (κ3) is 5.88. The second-order valence-corrected chi connectivity index (χ2v) is 11.5. The van der Waals surface area contributed by atoms with E-state index in [1.54, 1.807) is 6.92 Å². The zero-order valence-electron chi connectivity index (χ0n) is 22.9. The van der Waals surface area contributed by atoms with E-state index in [9.17, 15) is 14.4 Å². The highest BCUT2D eigenvalue weighted by atomic mass is 16.5. The molecule has 2 aromatic rings. The molecule has 3 heterocycles. The summed E-state index contributed by atoms with van der Waals surface area (Å²) in [6.07, 6.45) is 16.1. The molecule has 1 aliphatic carbocycles. The minimum atomic E-state index is -0.424. The van der Waals surface area contributed by atoms with E-state index in [0.717, 1.165) is 18.4 Å². The molecular formula is C31H43N3O4. The van der Waals surface area contributed by atoms with Gasteiger partial charge in [-0.25, -0.2) is 4.98 Å². The molecule has 2 bridgehead atoms. The summed E-state index contributed by atoms with van der Waals surface area (Å²) in [5.41, 5.74) is 1.11. The van der Waals surface area contributed by atoms with Gasteiger partial charge in [0.05, 0.1) is 24.1 Å². The maximum Gasteiger partial charge on any atom is 0.306 e. The molecule has 7 heteroatoms. The third-order valence-corrected chi connectivity index (χ3v) is 9.04. The van der Waals surface area contributed by atoms with Crippen LogP contribution in [0.2, 0.25) is 0 Å². The molecule has 38 heavy (non-hydrogen) atoms. The van der Waals surface area contributed by atoms with E-state index in [1.165, 1.54) is 70.6 Å². The van der Waals surface area contributed by atoms with Crippen LogP contribution in [0, 0.1) is 0 Å². The van der Waals surface area contributed by atoms with E-state index in [4.69, 9.17) is 4.74 Å². The molecule has 3 atom stereocenters. The Morgan fingerprint density at radius 1 is 0.842 bits per heavy atom. The second kappa shape index (κ2) is 12.5. The number of fused-ring (bicyclic) bond motifs is 3. The second-order valence-electron chi connectivity index (χ2n) is 11.5. The number of rotatable bonds is 7. The number of benzene rings is 1. The first-order valence-electron chi connectivity index (χ1n) is 15.0. The predicted molar refractivity (Wildman–Crippen MR) is 148 cm³/mol. The number of esters is 1. The molecule has 3 fully saturated rings. The van der Waals surface area contributed by atoms with E-state index in [1.807, 2.05) is 28.8 Å². The lowest BCUT2D eigenvalue weighted by atomic mass is 9.79. The van der Waals surface area contributed by atoms with Crippen LogP contribution in [-0.4, -0.2) is 50.9 Å². The lowest BCUT2D eigenvalue weighted by Crippen LogP contribution is -2.57. The average Bonchev–Trinajstić information content (AvgIpc) is 3.05. The Hall–Kier alpha value is -2.54. The molecule has 0 amide bonds. The summed E-state index contributed by atoms with van der Waals surface area (Å²) in [5.74, 6) is -0.808. The number of carbonyl (C=O) groups excluding carboxylic acids is 2. The van der Waals surface area contributed by atoms with E-state index in [2.05, 4.69) is 9.88 Å². The lowest BCUT2D eigenvalue weighted by Gasteiger charge is -2.53. The van der Waals surface area contributed by atoms with Gasteiger partial charge in [0.25, 0.3) is 5.56 Å². The van der Waals surface area contributed by atoms with Crippen molar-refractivity contribution in [3.05, 3.63) is 40.3 Å². The average molecular weight is 522 g/mol. The van der Waals surface area contributed by atoms with Gasteiger partial charge in [0, 0.05) is 30.6 Å². The number of nitrogens with zero attached hydrogens (tertiary/aromatic N) is 3. The number of hydrogen-bond donors (Lipinski definition) is 0. The van der Waals surface area contributed by atoms with Crippen LogP contribution < -0.4 is 5.56 Å². The van der Waals surface area contributed by atoms with Crippen molar-refractivity contribution < 1.29 is 14.3 Å². The molecular weight excluding hydrogens is 478 g/mol. The number of para-hydroxylation sites is 2. The molecule has 0 N–H and O–H groups in total. The van der Waals surface area contributed by atoms with Crippen molar-refractivity contribution in [2.45, 2.75) is 127 Å². The maximum absolute atomic E-state index is 13.9. The normalized spacial score (nSPS) is 25.3. The van der Waals surface area contributed by atoms with Gasteiger partial charge in [-0.3, -0.25) is 19.3 Å². The lowest BCUT2D eigenvalue weighted by molar-refractivity contribution is -0.143. The Balaban J connectivity index is 1.43. The Morgan fingerprint density at radius 3 is 2.16 bits per heavy atom. The standard InChI is InChI=1S/C31H43N3O4/c1-2-38-29(36)19-18-28(35)30-31(37)34(27-17-10-9-16-26(27)32-30)25-20-23-14-11-15-24(21-25)33(23)22-12-7-5-3-4-6-8-13-22/h9-10,16-17,22-25H,2-8,11-15,18-21H2,1H3/t23-,24+,25?. The fraction of sp³-hybridized carbons (Fsp3) is 0.677. The van der Waals surface area contributed by atoms with Crippen LogP contribution >= 0.6 is 0 Å². The van der Waals surface area contributed by atoms with Crippen molar-refractivity contribution in [3.8, 4) is 0 Å². The SMILES string of the molecule is CCOC(=O)CCC(=O)c1nc2ccccc2n(C2C[C@H]3CCC[C@@H](C2)N3C2CCCCCCCC2)c1=O. The van der Waals surface area contributed by atoms with Crippen LogP contribution in [0.15, 0.2) is 29.1 Å². The van der Waals surface area contributed by atoms with Gasteiger partial charge >= 0.3 is 5.97 Å². The third-order valence-electron chi connectivity index (χ3n) is 9.04. The molecule has 3 aliphatic rings. The summed E-state index contributed by atoms with van der Waals surface area (Å²) < 4.78 is 6.85. The molecule has 206 valence electrons. The number of aromatic nitrogens is 2. The Bertz CT molecular complexity index is 1170. The number of ether oxygens (including phenoxy) is 1. The van der Waals surface area contributed by atoms with Gasteiger partial charge in [-0.2, -0.15) is 0 Å². The van der Waals surface area contributed by atoms with Crippen LogP contribution in [0.3, 0.4) is 0 Å². The van der Waals surface area contributed by atoms with Crippen molar-refractivity contribution in [1.82, 2.24) is 14.5 Å². The summed E-state index contributed by atoms with van der Waals surface area (Å²) in [7, 11) is 0. The summed E-state index contributed by atoms with van der Waals surface area (Å²) >= 11 is 0. The Labute approximate surface area is 225 Å². The van der Waals surface area contributed by atoms with Crippen LogP contribution in [-0.2, 0) is 9.53 Å². The molecule has 0 radical (unpaired) electrons. The highest BCUT2D eigenvalue weighted by molar-refractivity contribution is 5.97. The fourth-order valence-corrected chi connectivity index (χ4v) is 7.37.